The third kappa shape index (κ3) is 11.2. The maximum atomic E-state index is 6.79. The van der Waals surface area contributed by atoms with E-state index in [1.54, 1.807) is 0 Å². The summed E-state index contributed by atoms with van der Waals surface area (Å²) in [4.78, 5) is 5.47. The molecule has 0 aliphatic carbocycles. The third-order valence-electron chi connectivity index (χ3n) is 25.6. The highest BCUT2D eigenvalue weighted by atomic mass is 16.3. The molecule has 3 aliphatic rings. The first-order valence-corrected chi connectivity index (χ1v) is 41.5. The Morgan fingerprint density at radius 1 is 0.233 bits per heavy atom. The van der Waals surface area contributed by atoms with Crippen molar-refractivity contribution >= 4 is 123 Å². The Hall–Kier alpha value is -12.6. The molecule has 15 aromatic carbocycles. The zero-order chi connectivity index (χ0) is 79.5. The van der Waals surface area contributed by atoms with Crippen molar-refractivity contribution in [2.45, 2.75) is 131 Å². The average Bonchev–Trinajstić information content (AvgIpc) is 0.755. The van der Waals surface area contributed by atoms with E-state index in [1.807, 2.05) is 0 Å². The van der Waals surface area contributed by atoms with Gasteiger partial charge in [-0.2, -0.15) is 0 Å². The van der Waals surface area contributed by atoms with Crippen molar-refractivity contribution in [1.29, 1.82) is 0 Å². The number of furan rings is 1. The molecule has 0 amide bonds. The lowest BCUT2D eigenvalue weighted by molar-refractivity contribution is 0.590. The van der Waals surface area contributed by atoms with Crippen molar-refractivity contribution in [2.75, 3.05) is 9.80 Å². The molecule has 0 fully saturated rings. The summed E-state index contributed by atoms with van der Waals surface area (Å²) >= 11 is 0. The topological polar surface area (TPSA) is 29.5 Å². The highest BCUT2D eigenvalue weighted by molar-refractivity contribution is 7.00. The number of para-hydroxylation sites is 2. The van der Waals surface area contributed by atoms with Gasteiger partial charge in [0.2, 0.25) is 0 Å². The van der Waals surface area contributed by atoms with E-state index in [0.29, 0.717) is 0 Å². The minimum atomic E-state index is -0.362. The quantitative estimate of drug-likeness (QED) is 0.165. The number of rotatable bonds is 4. The second kappa shape index (κ2) is 25.4. The predicted molar refractivity (Wildman–Crippen MR) is 496 cm³/mol. The predicted octanol–water partition coefficient (Wildman–Crippen LogP) is 28.7. The van der Waals surface area contributed by atoms with Crippen LogP contribution in [0.2, 0.25) is 0 Å². The fraction of sp³-hybridized carbons (Fsp3) is 0.182. The van der Waals surface area contributed by atoms with E-state index in [1.165, 1.54) is 87.8 Å². The molecule has 0 spiro atoms. The molecule has 5 nitrogen and oxygen atoms in total. The van der Waals surface area contributed by atoms with Crippen molar-refractivity contribution < 1.29 is 4.42 Å². The van der Waals surface area contributed by atoms with Crippen LogP contribution in [0, 0.1) is 0 Å². The van der Waals surface area contributed by atoms with E-state index >= 15 is 0 Å². The van der Waals surface area contributed by atoms with Crippen molar-refractivity contribution in [3.8, 4) is 78.1 Å². The monoisotopic (exact) mass is 1500 g/mol. The van der Waals surface area contributed by atoms with Crippen LogP contribution in [0.4, 0.5) is 34.1 Å². The number of benzene rings is 15. The minimum absolute atomic E-state index is 0.0725. The highest BCUT2D eigenvalue weighted by Gasteiger charge is 2.47. The molecule has 18 aromatic rings. The molecular weight excluding hydrogens is 1400 g/mol. The Bertz CT molecular complexity index is 6610. The first kappa shape index (κ1) is 71.2. The van der Waals surface area contributed by atoms with Crippen molar-refractivity contribution in [1.82, 2.24) is 9.13 Å². The SMILES string of the molecule is CC(C)(C)c1cc2c3c(c1)N1c4cc(-n5c6ccc(C(C)(C)C)cc6c6cc(C(C)(C)C)ccc65)ccc4B3c3ccc(-n4c5ccc(C(C)(C)C)cc5c5cc(C(C)(C)C)ccc54)cc3N2c2c(-c3ccccc3)cccc2-c2cccc(c2)-c2ccc3oc4ccc(cc4c3c2)-c2cccc(c2)-c2cccc(-c3ccccc3)c21. The number of hydrogen-bond donors (Lipinski definition) is 0. The third-order valence-corrected chi connectivity index (χ3v) is 25.6. The number of nitrogens with zero attached hydrogens (tertiary/aromatic N) is 4. The van der Waals surface area contributed by atoms with Crippen LogP contribution in [0.3, 0.4) is 0 Å². The summed E-state index contributed by atoms with van der Waals surface area (Å²) in [5.41, 5.74) is 38.3. The lowest BCUT2D eigenvalue weighted by atomic mass is 9.33. The van der Waals surface area contributed by atoms with Gasteiger partial charge in [-0.3, -0.25) is 0 Å². The van der Waals surface area contributed by atoms with Crippen LogP contribution >= 0.6 is 0 Å². The molecule has 6 heteroatoms. The summed E-state index contributed by atoms with van der Waals surface area (Å²) < 4.78 is 11.9. The Morgan fingerprint density at radius 3 is 0.905 bits per heavy atom. The molecule has 21 rings (SSSR count). The molecule has 3 aromatic heterocycles. The lowest BCUT2D eigenvalue weighted by Crippen LogP contribution is -2.61. The first-order chi connectivity index (χ1) is 55.7. The van der Waals surface area contributed by atoms with Crippen molar-refractivity contribution in [2.24, 2.45) is 0 Å². The Morgan fingerprint density at radius 2 is 0.552 bits per heavy atom. The molecule has 116 heavy (non-hydrogen) atoms. The van der Waals surface area contributed by atoms with Gasteiger partial charge < -0.3 is 23.4 Å². The summed E-state index contributed by atoms with van der Waals surface area (Å²) in [6, 6.07) is 118. The van der Waals surface area contributed by atoms with Crippen LogP contribution in [-0.4, -0.2) is 15.8 Å². The van der Waals surface area contributed by atoms with Crippen molar-refractivity contribution in [3.63, 3.8) is 0 Å². The van der Waals surface area contributed by atoms with Gasteiger partial charge in [0.25, 0.3) is 6.71 Å². The Labute approximate surface area is 681 Å². The van der Waals surface area contributed by atoms with Crippen LogP contribution < -0.4 is 26.2 Å². The summed E-state index contributed by atoms with van der Waals surface area (Å²) in [6.45, 7) is 35.0. The molecule has 564 valence electrons. The number of aromatic nitrogens is 2. The first-order valence-electron chi connectivity index (χ1n) is 41.5. The molecule has 0 saturated heterocycles. The van der Waals surface area contributed by atoms with Gasteiger partial charge in [0.15, 0.2) is 0 Å². The van der Waals surface area contributed by atoms with Gasteiger partial charge in [0.05, 0.1) is 33.4 Å². The zero-order valence-corrected chi connectivity index (χ0v) is 69.1. The Kier molecular flexibility index (Phi) is 15.6. The van der Waals surface area contributed by atoms with Crippen LogP contribution in [0.15, 0.2) is 308 Å². The second-order valence-corrected chi connectivity index (χ2v) is 38.2. The van der Waals surface area contributed by atoms with Crippen molar-refractivity contribution in [3.05, 3.63) is 331 Å². The summed E-state index contributed by atoms with van der Waals surface area (Å²) in [5, 5.41) is 7.19. The standard InChI is InChI=1S/C110H95BN4O/c1-106(2,3)74-40-48-93-85(58-74)86-59-75(107(4,5)6)41-49-94(86)112(93)79-44-46-91-97(64-79)114-99-62-78(110(13,14)15)63-100-103(99)111(91)92-47-45-80(113-95-50-42-76(108(7,8)9)60-87(95)88-61-77(109(10,11)12)43-51-96(88)113)65-98(92)115(100)105-82(67-28-20-17-21-29-67)35-25-37-84(105)73-33-23-31-69(55-73)71-39-53-102-90(57-71)89-56-70(38-52-101(89)116-102)68-30-22-32-72(54-68)83-36-24-34-81(104(83)114)66-26-18-16-19-27-66/h16-65H,1-15H3. The van der Waals surface area contributed by atoms with E-state index in [-0.39, 0.29) is 33.8 Å². The summed E-state index contributed by atoms with van der Waals surface area (Å²) in [5.74, 6) is 0. The average molecular weight is 1500 g/mol. The van der Waals surface area contributed by atoms with E-state index in [0.717, 1.165) is 134 Å². The molecular formula is C110H95BN4O. The molecule has 6 heterocycles. The van der Waals surface area contributed by atoms with Gasteiger partial charge in [-0.15, -0.1) is 0 Å². The number of hydrogen-bond acceptors (Lipinski definition) is 3. The minimum Gasteiger partial charge on any atom is -0.456 e. The molecule has 0 N–H and O–H groups in total. The second-order valence-electron chi connectivity index (χ2n) is 38.2. The van der Waals surface area contributed by atoms with Gasteiger partial charge in [-0.1, -0.05) is 286 Å². The maximum Gasteiger partial charge on any atom is 0.252 e. The van der Waals surface area contributed by atoms with E-state index < -0.39 is 0 Å². The van der Waals surface area contributed by atoms with E-state index in [2.05, 4.69) is 426 Å². The van der Waals surface area contributed by atoms with Gasteiger partial charge in [-0.25, -0.2) is 0 Å². The molecule has 0 saturated carbocycles. The molecule has 0 unspecified atom stereocenters. The fourth-order valence-electron chi connectivity index (χ4n) is 19.2. The number of anilines is 6. The summed E-state index contributed by atoms with van der Waals surface area (Å²) in [6.07, 6.45) is 0. The van der Waals surface area contributed by atoms with Gasteiger partial charge >= 0.3 is 0 Å². The Balaban J connectivity index is 0.945. The van der Waals surface area contributed by atoms with E-state index in [4.69, 9.17) is 4.42 Å². The summed E-state index contributed by atoms with van der Waals surface area (Å²) in [7, 11) is 0. The van der Waals surface area contributed by atoms with Crippen LogP contribution in [0.1, 0.15) is 132 Å². The largest absolute Gasteiger partial charge is 0.456 e. The lowest BCUT2D eigenvalue weighted by Gasteiger charge is -2.46. The maximum absolute atomic E-state index is 6.79. The van der Waals surface area contributed by atoms with Crippen LogP contribution in [0.5, 0.6) is 0 Å². The molecule has 0 radical (unpaired) electrons. The molecule has 0 atom stereocenters. The van der Waals surface area contributed by atoms with Gasteiger partial charge in [0.1, 0.15) is 11.2 Å². The molecule has 13 bridgehead atoms. The van der Waals surface area contributed by atoms with E-state index in [9.17, 15) is 0 Å². The van der Waals surface area contributed by atoms with Crippen LogP contribution in [-0.2, 0) is 27.1 Å². The molecule has 3 aliphatic heterocycles. The zero-order valence-electron chi connectivity index (χ0n) is 69.1. The van der Waals surface area contributed by atoms with Gasteiger partial charge in [-0.05, 0) is 237 Å². The van der Waals surface area contributed by atoms with Gasteiger partial charge in [0, 0.05) is 88.7 Å². The fourth-order valence-corrected chi connectivity index (χ4v) is 19.2. The normalized spacial score (nSPS) is 13.4. The van der Waals surface area contributed by atoms with Crippen LogP contribution in [0.25, 0.3) is 144 Å². The smallest absolute Gasteiger partial charge is 0.252 e. The number of fused-ring (bicyclic) bond motifs is 26. The highest BCUT2D eigenvalue weighted by Crippen LogP contribution is 2.56.